The lowest BCUT2D eigenvalue weighted by molar-refractivity contribution is 0.0955. The topological polar surface area (TPSA) is 114 Å². The van der Waals surface area contributed by atoms with E-state index < -0.39 is 0 Å². The molecular formula is C19H21N5O2. The van der Waals surface area contributed by atoms with Gasteiger partial charge >= 0.3 is 0 Å². The predicted molar refractivity (Wildman–Crippen MR) is 101 cm³/mol. The largest absolute Gasteiger partial charge is 0.383 e. The van der Waals surface area contributed by atoms with Gasteiger partial charge in [0, 0.05) is 30.1 Å². The average molecular weight is 351 g/mol. The van der Waals surface area contributed by atoms with E-state index in [1.807, 2.05) is 39.0 Å². The number of nitrogens with zero attached hydrogens (tertiary/aromatic N) is 2. The summed E-state index contributed by atoms with van der Waals surface area (Å²) >= 11 is 0. The second-order valence-electron chi connectivity index (χ2n) is 6.34. The molecule has 7 heteroatoms. The van der Waals surface area contributed by atoms with Crippen LogP contribution in [0.4, 0.5) is 5.82 Å². The molecule has 7 nitrogen and oxygen atoms in total. The number of aromatic nitrogens is 3. The monoisotopic (exact) mass is 351 g/mol. The van der Waals surface area contributed by atoms with Crippen molar-refractivity contribution in [3.8, 4) is 0 Å². The number of fused-ring (bicyclic) bond motifs is 1. The molecule has 0 bridgehead atoms. The van der Waals surface area contributed by atoms with Gasteiger partial charge in [-0.1, -0.05) is 11.6 Å². The fourth-order valence-electron chi connectivity index (χ4n) is 2.92. The Labute approximate surface area is 150 Å². The first-order valence-corrected chi connectivity index (χ1v) is 8.36. The van der Waals surface area contributed by atoms with Crippen LogP contribution in [0.1, 0.15) is 33.0 Å². The molecule has 0 saturated carbocycles. The van der Waals surface area contributed by atoms with Crippen LogP contribution in [0, 0.1) is 20.8 Å². The van der Waals surface area contributed by atoms with E-state index in [9.17, 15) is 9.59 Å². The van der Waals surface area contributed by atoms with Gasteiger partial charge in [0.2, 0.25) is 0 Å². The Hall–Kier alpha value is -3.22. The summed E-state index contributed by atoms with van der Waals surface area (Å²) in [4.78, 5) is 35.5. The second kappa shape index (κ2) is 6.95. The molecule has 0 atom stereocenters. The van der Waals surface area contributed by atoms with Gasteiger partial charge in [-0.05, 0) is 38.5 Å². The van der Waals surface area contributed by atoms with Crippen LogP contribution in [0.25, 0.3) is 10.9 Å². The van der Waals surface area contributed by atoms with Gasteiger partial charge in [-0.3, -0.25) is 14.6 Å². The molecule has 134 valence electrons. The third kappa shape index (κ3) is 3.56. The summed E-state index contributed by atoms with van der Waals surface area (Å²) in [6.45, 7) is 6.11. The van der Waals surface area contributed by atoms with Crippen molar-refractivity contribution in [3.05, 3.63) is 62.8 Å². The zero-order valence-electron chi connectivity index (χ0n) is 15.0. The molecule has 1 amide bonds. The molecule has 2 heterocycles. The highest BCUT2D eigenvalue weighted by Gasteiger charge is 2.16. The summed E-state index contributed by atoms with van der Waals surface area (Å²) in [5, 5.41) is 3.73. The van der Waals surface area contributed by atoms with Crippen LogP contribution in [0.15, 0.2) is 29.1 Å². The van der Waals surface area contributed by atoms with Crippen molar-refractivity contribution < 1.29 is 4.79 Å². The number of rotatable bonds is 4. The van der Waals surface area contributed by atoms with Gasteiger partial charge < -0.3 is 16.0 Å². The molecule has 0 spiro atoms. The van der Waals surface area contributed by atoms with Crippen molar-refractivity contribution in [2.24, 2.45) is 0 Å². The van der Waals surface area contributed by atoms with E-state index in [1.165, 1.54) is 6.07 Å². The lowest BCUT2D eigenvalue weighted by Crippen LogP contribution is -2.28. The Balaban J connectivity index is 1.84. The number of amides is 1. The number of pyridine rings is 1. The second-order valence-corrected chi connectivity index (χ2v) is 6.34. The van der Waals surface area contributed by atoms with Crippen LogP contribution in [0.5, 0.6) is 0 Å². The maximum Gasteiger partial charge on any atom is 0.252 e. The number of benzene rings is 1. The highest BCUT2D eigenvalue weighted by molar-refractivity contribution is 6.07. The number of nitrogens with one attached hydrogen (secondary N) is 2. The molecule has 0 aliphatic heterocycles. The number of nitrogen functional groups attached to an aromatic ring is 1. The fourth-order valence-corrected chi connectivity index (χ4v) is 2.92. The minimum Gasteiger partial charge on any atom is -0.383 e. The number of nitrogens with two attached hydrogens (primary N) is 1. The van der Waals surface area contributed by atoms with Crippen LogP contribution >= 0.6 is 0 Å². The fraction of sp³-hybridized carbons (Fsp3) is 0.263. The smallest absolute Gasteiger partial charge is 0.252 e. The van der Waals surface area contributed by atoms with E-state index in [0.717, 1.165) is 27.7 Å². The van der Waals surface area contributed by atoms with Gasteiger partial charge in [0.05, 0.1) is 11.1 Å². The summed E-state index contributed by atoms with van der Waals surface area (Å²) in [6.07, 6.45) is 0.381. The van der Waals surface area contributed by atoms with Crippen molar-refractivity contribution in [2.45, 2.75) is 27.2 Å². The quantitative estimate of drug-likeness (QED) is 0.663. The van der Waals surface area contributed by atoms with E-state index in [0.29, 0.717) is 24.4 Å². The molecule has 0 saturated heterocycles. The lowest BCUT2D eigenvalue weighted by atomic mass is 9.99. The van der Waals surface area contributed by atoms with E-state index in [4.69, 9.17) is 5.73 Å². The SMILES string of the molecule is Cc1ccc2nc(C)c(C)c(C(=O)NCCc3nc(N)cc(=O)[nH]3)c2c1. The van der Waals surface area contributed by atoms with Gasteiger partial charge in [-0.15, -0.1) is 0 Å². The normalized spacial score (nSPS) is 10.9. The van der Waals surface area contributed by atoms with E-state index >= 15 is 0 Å². The lowest BCUT2D eigenvalue weighted by Gasteiger charge is -2.13. The van der Waals surface area contributed by atoms with E-state index in [1.54, 1.807) is 0 Å². The summed E-state index contributed by atoms with van der Waals surface area (Å²) in [5.74, 6) is 0.436. The Bertz CT molecular complexity index is 1060. The average Bonchev–Trinajstić information content (AvgIpc) is 2.55. The summed E-state index contributed by atoms with van der Waals surface area (Å²) in [6, 6.07) is 7.10. The van der Waals surface area contributed by atoms with Crippen LogP contribution in [-0.2, 0) is 6.42 Å². The minimum atomic E-state index is -0.305. The molecule has 0 unspecified atom stereocenters. The number of hydrogen-bond donors (Lipinski definition) is 3. The first-order valence-electron chi connectivity index (χ1n) is 8.36. The minimum absolute atomic E-state index is 0.164. The standard InChI is InChI=1S/C19H21N5O2/c1-10-4-5-14-13(8-10)18(11(2)12(3)22-14)19(26)21-7-6-16-23-15(20)9-17(25)24-16/h4-5,8-9H,6-7H2,1-3H3,(H,21,26)(H3,20,23,24,25). The molecule has 3 rings (SSSR count). The molecule has 0 aliphatic rings. The molecule has 1 aromatic carbocycles. The van der Waals surface area contributed by atoms with Crippen molar-refractivity contribution in [3.63, 3.8) is 0 Å². The first-order chi connectivity index (χ1) is 12.3. The Kier molecular flexibility index (Phi) is 4.71. The molecular weight excluding hydrogens is 330 g/mol. The number of H-pyrrole nitrogens is 1. The Morgan fingerprint density at radius 2 is 1.96 bits per heavy atom. The van der Waals surface area contributed by atoms with Crippen LogP contribution in [0.2, 0.25) is 0 Å². The summed E-state index contributed by atoms with van der Waals surface area (Å²) in [5.41, 5.74) is 9.44. The number of aromatic amines is 1. The van der Waals surface area contributed by atoms with Crippen molar-refractivity contribution in [2.75, 3.05) is 12.3 Å². The van der Waals surface area contributed by atoms with Gasteiger partial charge in [-0.2, -0.15) is 0 Å². The van der Waals surface area contributed by atoms with E-state index in [-0.39, 0.29) is 17.3 Å². The molecule has 4 N–H and O–H groups in total. The highest BCUT2D eigenvalue weighted by atomic mass is 16.1. The predicted octanol–water partition coefficient (Wildman–Crippen LogP) is 1.80. The zero-order chi connectivity index (χ0) is 18.8. The molecule has 0 aliphatic carbocycles. The number of aryl methyl sites for hydroxylation is 2. The van der Waals surface area contributed by atoms with Gasteiger partial charge in [0.1, 0.15) is 11.6 Å². The zero-order valence-corrected chi connectivity index (χ0v) is 15.0. The van der Waals surface area contributed by atoms with Gasteiger partial charge in [-0.25, -0.2) is 4.98 Å². The van der Waals surface area contributed by atoms with Crippen LogP contribution in [-0.4, -0.2) is 27.4 Å². The highest BCUT2D eigenvalue weighted by Crippen LogP contribution is 2.24. The number of carbonyl (C=O) groups excluding carboxylic acids is 1. The van der Waals surface area contributed by atoms with Gasteiger partial charge in [0.25, 0.3) is 11.5 Å². The molecule has 26 heavy (non-hydrogen) atoms. The molecule has 0 fully saturated rings. The third-order valence-corrected chi connectivity index (χ3v) is 4.31. The Morgan fingerprint density at radius 3 is 2.69 bits per heavy atom. The first kappa shape index (κ1) is 17.6. The summed E-state index contributed by atoms with van der Waals surface area (Å²) in [7, 11) is 0. The molecule has 2 aromatic heterocycles. The van der Waals surface area contributed by atoms with Crippen LogP contribution in [0.3, 0.4) is 0 Å². The maximum atomic E-state index is 12.8. The van der Waals surface area contributed by atoms with E-state index in [2.05, 4.69) is 20.3 Å². The molecule has 0 radical (unpaired) electrons. The van der Waals surface area contributed by atoms with Gasteiger partial charge in [0.15, 0.2) is 0 Å². The summed E-state index contributed by atoms with van der Waals surface area (Å²) < 4.78 is 0. The number of hydrogen-bond acceptors (Lipinski definition) is 5. The number of anilines is 1. The number of carbonyl (C=O) groups is 1. The third-order valence-electron chi connectivity index (χ3n) is 4.31. The van der Waals surface area contributed by atoms with Crippen molar-refractivity contribution in [1.29, 1.82) is 0 Å². The maximum absolute atomic E-state index is 12.8. The van der Waals surface area contributed by atoms with Crippen molar-refractivity contribution >= 4 is 22.6 Å². The Morgan fingerprint density at radius 1 is 1.19 bits per heavy atom. The van der Waals surface area contributed by atoms with Crippen LogP contribution < -0.4 is 16.6 Å². The molecule has 3 aromatic rings. The van der Waals surface area contributed by atoms with Crippen molar-refractivity contribution in [1.82, 2.24) is 20.3 Å².